The van der Waals surface area contributed by atoms with Crippen LogP contribution in [-0.4, -0.2) is 11.5 Å². The second-order valence-electron chi connectivity index (χ2n) is 2.73. The molecule has 0 amide bonds. The van der Waals surface area contributed by atoms with Crippen LogP contribution in [0.3, 0.4) is 0 Å². The van der Waals surface area contributed by atoms with Crippen molar-refractivity contribution < 1.29 is 0 Å². The summed E-state index contributed by atoms with van der Waals surface area (Å²) in [5.41, 5.74) is 3.04. The van der Waals surface area contributed by atoms with Crippen molar-refractivity contribution >= 4 is 11.8 Å². The summed E-state index contributed by atoms with van der Waals surface area (Å²) in [6.07, 6.45) is 1.26. The third-order valence-corrected chi connectivity index (χ3v) is 2.58. The second kappa shape index (κ2) is 5.84. The van der Waals surface area contributed by atoms with Crippen LogP contribution in [0.5, 0.6) is 0 Å². The Balaban J connectivity index is 3.40. The lowest BCUT2D eigenvalue weighted by atomic mass is 10.1. The van der Waals surface area contributed by atoms with Gasteiger partial charge in [0, 0.05) is 0 Å². The summed E-state index contributed by atoms with van der Waals surface area (Å²) in [5.74, 6) is 2.53. The molecule has 0 bridgehead atoms. The molecule has 0 aromatic rings. The minimum atomic E-state index is 1.25. The first kappa shape index (κ1) is 10.1. The Labute approximate surface area is 69.1 Å². The van der Waals surface area contributed by atoms with Crippen LogP contribution in [0.1, 0.15) is 34.1 Å². The summed E-state index contributed by atoms with van der Waals surface area (Å²) in [4.78, 5) is 0. The van der Waals surface area contributed by atoms with E-state index in [1.54, 1.807) is 5.57 Å². The van der Waals surface area contributed by atoms with Gasteiger partial charge >= 0.3 is 0 Å². The molecule has 0 heterocycles. The highest BCUT2D eigenvalue weighted by atomic mass is 32.2. The molecule has 0 saturated heterocycles. The normalized spacial score (nSPS) is 9.60. The zero-order valence-corrected chi connectivity index (χ0v) is 8.35. The Morgan fingerprint density at radius 1 is 1.20 bits per heavy atom. The molecule has 0 aliphatic heterocycles. The summed E-state index contributed by atoms with van der Waals surface area (Å²) in [6.45, 7) is 8.81. The van der Waals surface area contributed by atoms with Crippen LogP contribution in [0.25, 0.3) is 0 Å². The van der Waals surface area contributed by atoms with Gasteiger partial charge in [-0.2, -0.15) is 11.8 Å². The summed E-state index contributed by atoms with van der Waals surface area (Å²) in [7, 11) is 0. The van der Waals surface area contributed by atoms with E-state index in [2.05, 4.69) is 27.7 Å². The molecule has 60 valence electrons. The van der Waals surface area contributed by atoms with Gasteiger partial charge < -0.3 is 0 Å². The molecule has 10 heavy (non-hydrogen) atoms. The van der Waals surface area contributed by atoms with Crippen LogP contribution in [0, 0.1) is 0 Å². The topological polar surface area (TPSA) is 0 Å². The van der Waals surface area contributed by atoms with Gasteiger partial charge in [-0.25, -0.2) is 0 Å². The number of thioether (sulfide) groups is 1. The fourth-order valence-electron chi connectivity index (χ4n) is 0.620. The lowest BCUT2D eigenvalue weighted by Crippen LogP contribution is -1.84. The van der Waals surface area contributed by atoms with E-state index in [1.165, 1.54) is 23.5 Å². The van der Waals surface area contributed by atoms with E-state index in [-0.39, 0.29) is 0 Å². The quantitative estimate of drug-likeness (QED) is 0.446. The van der Waals surface area contributed by atoms with Gasteiger partial charge in [-0.15, -0.1) is 0 Å². The van der Waals surface area contributed by atoms with E-state index in [0.29, 0.717) is 0 Å². The third kappa shape index (κ3) is 4.92. The van der Waals surface area contributed by atoms with Crippen molar-refractivity contribution in [1.82, 2.24) is 0 Å². The molecule has 0 aromatic heterocycles. The molecule has 0 atom stereocenters. The van der Waals surface area contributed by atoms with Crippen molar-refractivity contribution in [2.75, 3.05) is 11.5 Å². The molecule has 0 nitrogen and oxygen atoms in total. The largest absolute Gasteiger partial charge is 0.162 e. The Bertz CT molecular complexity index is 110. The molecule has 0 fully saturated rings. The molecule has 0 aliphatic carbocycles. The van der Waals surface area contributed by atoms with Gasteiger partial charge in [-0.1, -0.05) is 18.1 Å². The first-order valence-corrected chi connectivity index (χ1v) is 5.04. The van der Waals surface area contributed by atoms with Gasteiger partial charge in [0.05, 0.1) is 0 Å². The SMILES string of the molecule is CCSCCC(C)=C(C)C. The zero-order valence-electron chi connectivity index (χ0n) is 7.53. The highest BCUT2D eigenvalue weighted by Gasteiger charge is 1.91. The zero-order chi connectivity index (χ0) is 7.98. The number of rotatable bonds is 4. The Morgan fingerprint density at radius 2 is 1.80 bits per heavy atom. The molecule has 0 N–H and O–H groups in total. The highest BCUT2D eigenvalue weighted by molar-refractivity contribution is 7.99. The molecular weight excluding hydrogens is 140 g/mol. The molecule has 0 aliphatic rings. The van der Waals surface area contributed by atoms with E-state index >= 15 is 0 Å². The molecule has 0 aromatic carbocycles. The molecular formula is C9H18S. The summed E-state index contributed by atoms with van der Waals surface area (Å²) >= 11 is 2.02. The van der Waals surface area contributed by atoms with Crippen LogP contribution in [0.4, 0.5) is 0 Å². The van der Waals surface area contributed by atoms with Gasteiger partial charge in [0.2, 0.25) is 0 Å². The van der Waals surface area contributed by atoms with Crippen molar-refractivity contribution in [3.05, 3.63) is 11.1 Å². The fraction of sp³-hybridized carbons (Fsp3) is 0.778. The van der Waals surface area contributed by atoms with Crippen LogP contribution >= 0.6 is 11.8 Å². The molecule has 0 rings (SSSR count). The predicted molar refractivity (Wildman–Crippen MR) is 51.7 cm³/mol. The first-order valence-electron chi connectivity index (χ1n) is 3.89. The summed E-state index contributed by atoms with van der Waals surface area (Å²) in [5, 5.41) is 0. The second-order valence-corrected chi connectivity index (χ2v) is 4.12. The summed E-state index contributed by atoms with van der Waals surface area (Å²) < 4.78 is 0. The van der Waals surface area contributed by atoms with E-state index in [1.807, 2.05) is 11.8 Å². The Kier molecular flexibility index (Phi) is 5.90. The molecule has 0 saturated carbocycles. The van der Waals surface area contributed by atoms with Crippen molar-refractivity contribution in [2.24, 2.45) is 0 Å². The lowest BCUT2D eigenvalue weighted by molar-refractivity contribution is 1.06. The lowest BCUT2D eigenvalue weighted by Gasteiger charge is -2.01. The van der Waals surface area contributed by atoms with Gasteiger partial charge in [0.1, 0.15) is 0 Å². The van der Waals surface area contributed by atoms with Crippen LogP contribution < -0.4 is 0 Å². The molecule has 0 spiro atoms. The molecule has 0 unspecified atom stereocenters. The molecule has 1 heteroatoms. The van der Waals surface area contributed by atoms with Crippen molar-refractivity contribution in [3.8, 4) is 0 Å². The van der Waals surface area contributed by atoms with E-state index in [0.717, 1.165) is 0 Å². The van der Waals surface area contributed by atoms with Crippen molar-refractivity contribution in [2.45, 2.75) is 34.1 Å². The van der Waals surface area contributed by atoms with E-state index in [9.17, 15) is 0 Å². The number of hydrogen-bond donors (Lipinski definition) is 0. The van der Waals surface area contributed by atoms with Gasteiger partial charge in [-0.3, -0.25) is 0 Å². The van der Waals surface area contributed by atoms with Gasteiger partial charge in [0.25, 0.3) is 0 Å². The van der Waals surface area contributed by atoms with Gasteiger partial charge in [0.15, 0.2) is 0 Å². The van der Waals surface area contributed by atoms with Gasteiger partial charge in [-0.05, 0) is 38.7 Å². The van der Waals surface area contributed by atoms with E-state index < -0.39 is 0 Å². The monoisotopic (exact) mass is 158 g/mol. The maximum absolute atomic E-state index is 2.23. The average molecular weight is 158 g/mol. The maximum Gasteiger partial charge on any atom is -0.00303 e. The standard InChI is InChI=1S/C9H18S/c1-5-10-7-6-9(4)8(2)3/h5-7H2,1-4H3. The average Bonchev–Trinajstić information content (AvgIpc) is 1.88. The fourth-order valence-corrected chi connectivity index (χ4v) is 1.36. The summed E-state index contributed by atoms with van der Waals surface area (Å²) in [6, 6.07) is 0. The minimum absolute atomic E-state index is 1.25. The number of allylic oxidation sites excluding steroid dienone is 2. The van der Waals surface area contributed by atoms with Crippen LogP contribution in [0.15, 0.2) is 11.1 Å². The minimum Gasteiger partial charge on any atom is -0.162 e. The van der Waals surface area contributed by atoms with Crippen LogP contribution in [0.2, 0.25) is 0 Å². The van der Waals surface area contributed by atoms with Crippen molar-refractivity contribution in [3.63, 3.8) is 0 Å². The van der Waals surface area contributed by atoms with E-state index in [4.69, 9.17) is 0 Å². The maximum atomic E-state index is 2.23. The number of hydrogen-bond acceptors (Lipinski definition) is 1. The molecule has 0 radical (unpaired) electrons. The van der Waals surface area contributed by atoms with Crippen molar-refractivity contribution in [1.29, 1.82) is 0 Å². The highest BCUT2D eigenvalue weighted by Crippen LogP contribution is 2.11. The Morgan fingerprint density at radius 3 is 2.20 bits per heavy atom. The first-order chi connectivity index (χ1) is 4.68. The Hall–Kier alpha value is 0.0900. The smallest absolute Gasteiger partial charge is 0.00303 e. The predicted octanol–water partition coefficient (Wildman–Crippen LogP) is 3.49. The van der Waals surface area contributed by atoms with Crippen LogP contribution in [-0.2, 0) is 0 Å². The third-order valence-electron chi connectivity index (χ3n) is 1.68.